The average Bonchev–Trinajstić information content (AvgIpc) is 3.43. The van der Waals surface area contributed by atoms with Gasteiger partial charge in [0, 0.05) is 21.9 Å². The van der Waals surface area contributed by atoms with Crippen LogP contribution in [0, 0.1) is 6.92 Å². The molecular weight excluding hydrogens is 412 g/mol. The number of nitrogens with zero attached hydrogens (tertiary/aromatic N) is 2. The molecule has 5 aromatic rings. The van der Waals surface area contributed by atoms with E-state index in [1.165, 1.54) is 0 Å². The van der Waals surface area contributed by atoms with Crippen LogP contribution in [0.5, 0.6) is 5.75 Å². The Labute approximate surface area is 181 Å². The summed E-state index contributed by atoms with van der Waals surface area (Å²) in [7, 11) is 1.66. The summed E-state index contributed by atoms with van der Waals surface area (Å²) in [5.41, 5.74) is 2.76. The van der Waals surface area contributed by atoms with Crippen molar-refractivity contribution in [2.75, 3.05) is 7.11 Å². The number of rotatable bonds is 4. The summed E-state index contributed by atoms with van der Waals surface area (Å²) in [6.07, 6.45) is 0. The third kappa shape index (κ3) is 3.56. The molecule has 30 heavy (non-hydrogen) atoms. The molecule has 3 aromatic heterocycles. The Morgan fingerprint density at radius 1 is 1.00 bits per heavy atom. The van der Waals surface area contributed by atoms with Crippen molar-refractivity contribution in [2.24, 2.45) is 4.99 Å². The van der Waals surface area contributed by atoms with Gasteiger partial charge in [-0.1, -0.05) is 29.5 Å². The predicted molar refractivity (Wildman–Crippen MR) is 124 cm³/mol. The molecular formula is C24H18N2O2S2. The second-order valence-corrected chi connectivity index (χ2v) is 8.84. The van der Waals surface area contributed by atoms with Crippen LogP contribution >= 0.6 is 22.7 Å². The third-order valence-corrected chi connectivity index (χ3v) is 6.52. The quantitative estimate of drug-likeness (QED) is 0.314. The monoisotopic (exact) mass is 430 g/mol. The van der Waals surface area contributed by atoms with E-state index in [0.29, 0.717) is 0 Å². The SMILES string of the molecule is COc1ccc(-c2cc(=Nc3nc(-c4cccs4)c(C)s3)c3ccccc3o2)cc1. The number of aryl methyl sites for hydroxylation is 1. The summed E-state index contributed by atoms with van der Waals surface area (Å²) in [5.74, 6) is 1.56. The van der Waals surface area contributed by atoms with Crippen molar-refractivity contribution in [3.05, 3.63) is 82.3 Å². The van der Waals surface area contributed by atoms with E-state index in [-0.39, 0.29) is 0 Å². The number of benzene rings is 2. The smallest absolute Gasteiger partial charge is 0.210 e. The predicted octanol–water partition coefficient (Wildman–Crippen LogP) is 6.83. The highest BCUT2D eigenvalue weighted by Gasteiger charge is 2.11. The first-order valence-corrected chi connectivity index (χ1v) is 11.1. The fourth-order valence-corrected chi connectivity index (χ4v) is 4.93. The van der Waals surface area contributed by atoms with Crippen molar-refractivity contribution in [3.63, 3.8) is 0 Å². The van der Waals surface area contributed by atoms with E-state index in [2.05, 4.69) is 18.4 Å². The Kier molecular flexibility index (Phi) is 4.94. The van der Waals surface area contributed by atoms with Gasteiger partial charge in [-0.05, 0) is 54.8 Å². The lowest BCUT2D eigenvalue weighted by Crippen LogP contribution is -2.03. The van der Waals surface area contributed by atoms with Crippen LogP contribution in [0.4, 0.5) is 5.13 Å². The molecule has 0 unspecified atom stereocenters. The minimum Gasteiger partial charge on any atom is -0.497 e. The maximum atomic E-state index is 6.17. The van der Waals surface area contributed by atoms with Gasteiger partial charge in [-0.3, -0.25) is 0 Å². The van der Waals surface area contributed by atoms with Crippen LogP contribution < -0.4 is 10.1 Å². The molecule has 2 aromatic carbocycles. The van der Waals surface area contributed by atoms with E-state index in [1.54, 1.807) is 29.8 Å². The van der Waals surface area contributed by atoms with Gasteiger partial charge < -0.3 is 9.15 Å². The Balaban J connectivity index is 1.67. The molecule has 0 aliphatic carbocycles. The van der Waals surface area contributed by atoms with Crippen molar-refractivity contribution >= 4 is 38.8 Å². The van der Waals surface area contributed by atoms with Crippen molar-refractivity contribution in [1.82, 2.24) is 4.98 Å². The minimum atomic E-state index is 0.743. The molecule has 0 aliphatic rings. The van der Waals surface area contributed by atoms with Crippen LogP contribution in [-0.2, 0) is 0 Å². The second kappa shape index (κ2) is 7.89. The molecule has 3 heterocycles. The summed E-state index contributed by atoms with van der Waals surface area (Å²) in [6.45, 7) is 2.09. The second-order valence-electron chi connectivity index (χ2n) is 6.71. The molecule has 0 saturated carbocycles. The van der Waals surface area contributed by atoms with Gasteiger partial charge in [0.05, 0.1) is 23.0 Å². The van der Waals surface area contributed by atoms with Crippen molar-refractivity contribution in [3.8, 4) is 27.6 Å². The van der Waals surface area contributed by atoms with Gasteiger partial charge in [-0.2, -0.15) is 0 Å². The van der Waals surface area contributed by atoms with Crippen LogP contribution in [0.25, 0.3) is 32.9 Å². The molecule has 4 nitrogen and oxygen atoms in total. The molecule has 0 atom stereocenters. The molecule has 0 N–H and O–H groups in total. The van der Waals surface area contributed by atoms with Gasteiger partial charge >= 0.3 is 0 Å². The highest BCUT2D eigenvalue weighted by molar-refractivity contribution is 7.17. The first-order valence-electron chi connectivity index (χ1n) is 9.44. The van der Waals surface area contributed by atoms with Crippen molar-refractivity contribution in [2.45, 2.75) is 6.92 Å². The number of para-hydroxylation sites is 1. The molecule has 0 fully saturated rings. The molecule has 0 amide bonds. The molecule has 0 radical (unpaired) electrons. The zero-order chi connectivity index (χ0) is 20.5. The lowest BCUT2D eigenvalue weighted by molar-refractivity contribution is 0.415. The van der Waals surface area contributed by atoms with Crippen LogP contribution in [0.1, 0.15) is 4.88 Å². The van der Waals surface area contributed by atoms with E-state index in [9.17, 15) is 0 Å². The van der Waals surface area contributed by atoms with E-state index in [4.69, 9.17) is 19.1 Å². The maximum absolute atomic E-state index is 6.17. The molecule has 0 spiro atoms. The van der Waals surface area contributed by atoms with Gasteiger partial charge in [0.25, 0.3) is 0 Å². The number of thiazole rings is 1. The summed E-state index contributed by atoms with van der Waals surface area (Å²) in [5, 5.41) is 4.61. The number of hydrogen-bond donors (Lipinski definition) is 0. The highest BCUT2D eigenvalue weighted by Crippen LogP contribution is 2.34. The number of aromatic nitrogens is 1. The summed E-state index contributed by atoms with van der Waals surface area (Å²) < 4.78 is 11.4. The molecule has 6 heteroatoms. The number of ether oxygens (including phenoxy) is 1. The average molecular weight is 431 g/mol. The number of thiophene rings is 1. The van der Waals surface area contributed by atoms with Crippen molar-refractivity contribution in [1.29, 1.82) is 0 Å². The molecule has 5 rings (SSSR count). The van der Waals surface area contributed by atoms with E-state index in [1.807, 2.05) is 60.7 Å². The van der Waals surface area contributed by atoms with Gasteiger partial charge in [0.1, 0.15) is 17.1 Å². The fraction of sp³-hybridized carbons (Fsp3) is 0.0833. The van der Waals surface area contributed by atoms with Crippen LogP contribution in [0.2, 0.25) is 0 Å². The first kappa shape index (κ1) is 18.8. The summed E-state index contributed by atoms with van der Waals surface area (Å²) in [6, 6.07) is 21.9. The largest absolute Gasteiger partial charge is 0.497 e. The Bertz CT molecular complexity index is 1380. The van der Waals surface area contributed by atoms with Crippen LogP contribution in [-0.4, -0.2) is 12.1 Å². The topological polar surface area (TPSA) is 47.6 Å². The normalized spacial score (nSPS) is 11.9. The lowest BCUT2D eigenvalue weighted by atomic mass is 10.1. The molecule has 0 bridgehead atoms. The van der Waals surface area contributed by atoms with Gasteiger partial charge in [-0.15, -0.1) is 11.3 Å². The standard InChI is InChI=1S/C24H18N2O2S2/c1-15-23(22-8-5-13-29-22)26-24(30-15)25-19-14-21(16-9-11-17(27-2)12-10-16)28-20-7-4-3-6-18(19)20/h3-14H,1-2H3. The maximum Gasteiger partial charge on any atom is 0.210 e. The summed E-state index contributed by atoms with van der Waals surface area (Å²) in [4.78, 5) is 12.0. The third-order valence-electron chi connectivity index (χ3n) is 4.78. The fourth-order valence-electron chi connectivity index (χ4n) is 3.28. The van der Waals surface area contributed by atoms with Gasteiger partial charge in [-0.25, -0.2) is 9.98 Å². The number of fused-ring (bicyclic) bond motifs is 1. The number of methoxy groups -OCH3 is 1. The Morgan fingerprint density at radius 3 is 2.60 bits per heavy atom. The van der Waals surface area contributed by atoms with E-state index in [0.717, 1.165) is 54.0 Å². The molecule has 0 aliphatic heterocycles. The zero-order valence-corrected chi connectivity index (χ0v) is 18.1. The van der Waals surface area contributed by atoms with Crippen LogP contribution in [0.3, 0.4) is 0 Å². The Hall–Kier alpha value is -3.22. The minimum absolute atomic E-state index is 0.743. The molecule has 0 saturated heterocycles. The van der Waals surface area contributed by atoms with E-state index < -0.39 is 0 Å². The molecule has 148 valence electrons. The van der Waals surface area contributed by atoms with Crippen LogP contribution in [0.15, 0.2) is 81.5 Å². The Morgan fingerprint density at radius 2 is 1.83 bits per heavy atom. The van der Waals surface area contributed by atoms with Gasteiger partial charge in [0.15, 0.2) is 0 Å². The van der Waals surface area contributed by atoms with Crippen molar-refractivity contribution < 1.29 is 9.15 Å². The first-order chi connectivity index (χ1) is 14.7. The zero-order valence-electron chi connectivity index (χ0n) is 16.5. The van der Waals surface area contributed by atoms with E-state index >= 15 is 0 Å². The van der Waals surface area contributed by atoms with Gasteiger partial charge in [0.2, 0.25) is 5.13 Å². The summed E-state index contributed by atoms with van der Waals surface area (Å²) >= 11 is 3.30. The number of hydrogen-bond acceptors (Lipinski definition) is 6. The lowest BCUT2D eigenvalue weighted by Gasteiger charge is -2.05. The highest BCUT2D eigenvalue weighted by atomic mass is 32.1.